The summed E-state index contributed by atoms with van der Waals surface area (Å²) in [5.41, 5.74) is -0.872. The van der Waals surface area contributed by atoms with E-state index in [-0.39, 0.29) is 38.0 Å². The number of carbonyl (C=O) groups is 2. The first-order chi connectivity index (χ1) is 20.1. The van der Waals surface area contributed by atoms with Crippen LogP contribution in [-0.2, 0) is 15.1 Å². The monoisotopic (exact) mass is 582 g/mol. The Morgan fingerprint density at radius 2 is 1.86 bits per heavy atom. The van der Waals surface area contributed by atoms with E-state index in [0.29, 0.717) is 24.0 Å². The molecule has 0 saturated carbocycles. The van der Waals surface area contributed by atoms with Gasteiger partial charge in [-0.2, -0.15) is 0 Å². The number of ether oxygens (including phenoxy) is 1. The largest absolute Gasteiger partial charge is 0.547 e. The molecule has 15 heteroatoms. The molecule has 0 aliphatic carbocycles. The number of amides is 2. The number of tetrazole rings is 1. The summed E-state index contributed by atoms with van der Waals surface area (Å²) in [6.45, 7) is 5.30. The number of urea groups is 1. The number of β-amino-alcohol motifs (C(OH)–C–C–N with tert-alkyl or cyclic N) is 1. The van der Waals surface area contributed by atoms with Gasteiger partial charge in [-0.3, -0.25) is 9.69 Å². The van der Waals surface area contributed by atoms with E-state index in [0.717, 1.165) is 6.07 Å². The maximum absolute atomic E-state index is 15.2. The SMILES string of the molecule is CC(C)C(=O)OCN1[C+]=NN(C[C@@](O)(c2ccc(F)cc2F)[C@@H](C)N2CCN(c3ccc(-n4cnnn4)cc3)C2=O)C1. The van der Waals surface area contributed by atoms with Gasteiger partial charge in [-0.15, -0.1) is 5.10 Å². The molecule has 42 heavy (non-hydrogen) atoms. The van der Waals surface area contributed by atoms with Crippen LogP contribution in [0.5, 0.6) is 0 Å². The van der Waals surface area contributed by atoms with Gasteiger partial charge in [0.2, 0.25) is 6.73 Å². The number of carbonyl (C=O) groups excluding carboxylic acids is 2. The van der Waals surface area contributed by atoms with Gasteiger partial charge in [0, 0.05) is 30.4 Å². The molecule has 0 bridgehead atoms. The number of hydrogen-bond acceptors (Lipinski definition) is 10. The predicted octanol–water partition coefficient (Wildman–Crippen LogP) is 2.01. The number of rotatable bonds is 10. The van der Waals surface area contributed by atoms with Gasteiger partial charge in [-0.05, 0) is 47.7 Å². The normalized spacial score (nSPS) is 17.2. The van der Waals surface area contributed by atoms with E-state index in [4.69, 9.17) is 4.74 Å². The van der Waals surface area contributed by atoms with Crippen molar-refractivity contribution in [2.75, 3.05) is 37.9 Å². The molecule has 2 aliphatic rings. The van der Waals surface area contributed by atoms with Crippen molar-refractivity contribution in [3.63, 3.8) is 0 Å². The molecule has 2 aliphatic heterocycles. The van der Waals surface area contributed by atoms with Gasteiger partial charge in [-0.1, -0.05) is 24.8 Å². The van der Waals surface area contributed by atoms with Crippen LogP contribution in [0.2, 0.25) is 0 Å². The second-order valence-electron chi connectivity index (χ2n) is 10.4. The highest BCUT2D eigenvalue weighted by molar-refractivity contribution is 5.94. The predicted molar refractivity (Wildman–Crippen MR) is 145 cm³/mol. The van der Waals surface area contributed by atoms with Gasteiger partial charge in [0.05, 0.1) is 24.2 Å². The third kappa shape index (κ3) is 5.69. The van der Waals surface area contributed by atoms with Crippen molar-refractivity contribution < 1.29 is 28.2 Å². The number of anilines is 1. The average Bonchev–Trinajstić information content (AvgIpc) is 3.73. The summed E-state index contributed by atoms with van der Waals surface area (Å²) >= 11 is 0. The van der Waals surface area contributed by atoms with E-state index in [1.807, 2.05) is 0 Å². The summed E-state index contributed by atoms with van der Waals surface area (Å²) in [4.78, 5) is 29.9. The highest BCUT2D eigenvalue weighted by Crippen LogP contribution is 2.35. The minimum Gasteiger partial charge on any atom is -0.440 e. The minimum atomic E-state index is -2.01. The highest BCUT2D eigenvalue weighted by Gasteiger charge is 2.48. The molecule has 13 nitrogen and oxygen atoms in total. The van der Waals surface area contributed by atoms with Crippen LogP contribution in [0.4, 0.5) is 19.3 Å². The molecule has 1 aromatic heterocycles. The Labute approximate surface area is 240 Å². The van der Waals surface area contributed by atoms with E-state index >= 15 is 4.39 Å². The van der Waals surface area contributed by atoms with Gasteiger partial charge >= 0.3 is 18.3 Å². The van der Waals surface area contributed by atoms with E-state index in [1.54, 1.807) is 49.9 Å². The molecule has 1 N–H and O–H groups in total. The molecule has 2 atom stereocenters. The van der Waals surface area contributed by atoms with Crippen LogP contribution in [0.15, 0.2) is 53.9 Å². The van der Waals surface area contributed by atoms with Crippen LogP contribution in [0.1, 0.15) is 26.3 Å². The smallest absolute Gasteiger partial charge is 0.440 e. The molecular formula is C27H30F2N9O4+. The molecule has 0 radical (unpaired) electrons. The number of aromatic nitrogens is 4. The zero-order valence-electron chi connectivity index (χ0n) is 23.3. The lowest BCUT2D eigenvalue weighted by molar-refractivity contribution is -0.151. The Bertz CT molecular complexity index is 1450. The number of nitrogens with zero attached hydrogens (tertiary/aromatic N) is 9. The van der Waals surface area contributed by atoms with E-state index in [9.17, 15) is 19.1 Å². The van der Waals surface area contributed by atoms with Crippen LogP contribution in [0.25, 0.3) is 5.69 Å². The summed E-state index contributed by atoms with van der Waals surface area (Å²) in [6.07, 6.45) is 4.15. The standard InChI is InChI=1S/C27H30F2N9O4/c1-18(2)25(39)42-17-34-15-31-35(16-34)13-27(41,23-9-4-20(28)12-24(23)29)19(3)36-10-11-37(26(36)40)21-5-7-22(8-6-21)38-14-30-32-33-38/h4-9,12,14,18-19,41H,10-11,13,16-17H2,1-3H3/q+1/t19-,27+/m1/s1. The molecule has 1 fully saturated rings. The summed E-state index contributed by atoms with van der Waals surface area (Å²) < 4.78 is 35.7. The summed E-state index contributed by atoms with van der Waals surface area (Å²) in [5.74, 6) is -2.46. The molecule has 2 aromatic carbocycles. The van der Waals surface area contributed by atoms with Crippen LogP contribution in [0, 0.1) is 17.6 Å². The molecule has 0 spiro atoms. The van der Waals surface area contributed by atoms with Crippen molar-refractivity contribution in [2.24, 2.45) is 11.0 Å². The van der Waals surface area contributed by atoms with E-state index < -0.39 is 35.3 Å². The molecule has 3 heterocycles. The number of hydrazone groups is 1. The zero-order valence-corrected chi connectivity index (χ0v) is 23.3. The Balaban J connectivity index is 1.34. The van der Waals surface area contributed by atoms with Gasteiger partial charge < -0.3 is 14.7 Å². The van der Waals surface area contributed by atoms with E-state index in [1.165, 1.54) is 31.9 Å². The van der Waals surface area contributed by atoms with Crippen molar-refractivity contribution in [1.29, 1.82) is 0 Å². The topological polar surface area (TPSA) is 133 Å². The van der Waals surface area contributed by atoms with Gasteiger partial charge in [0.15, 0.2) is 6.67 Å². The molecule has 3 aromatic rings. The molecule has 5 rings (SSSR count). The van der Waals surface area contributed by atoms with Crippen LogP contribution in [0.3, 0.4) is 0 Å². The average molecular weight is 583 g/mol. The third-order valence-corrected chi connectivity index (χ3v) is 7.29. The molecule has 2 amide bonds. The fraction of sp³-hybridized carbons (Fsp3) is 0.407. The number of hydrogen-bond donors (Lipinski definition) is 1. The number of benzene rings is 2. The van der Waals surface area contributed by atoms with Gasteiger partial charge in [0.25, 0.3) is 0 Å². The van der Waals surface area contributed by atoms with Crippen LogP contribution in [-0.4, -0.2) is 97.5 Å². The van der Waals surface area contributed by atoms with Gasteiger partial charge in [0.1, 0.15) is 28.7 Å². The second-order valence-corrected chi connectivity index (χ2v) is 10.4. The Morgan fingerprint density at radius 1 is 1.12 bits per heavy atom. The van der Waals surface area contributed by atoms with Crippen molar-refractivity contribution in [3.05, 3.63) is 66.0 Å². The maximum Gasteiger partial charge on any atom is 0.547 e. The summed E-state index contributed by atoms with van der Waals surface area (Å²) in [5, 5.41) is 28.8. The number of halogens is 2. The highest BCUT2D eigenvalue weighted by atomic mass is 19.1. The lowest BCUT2D eigenvalue weighted by Crippen LogP contribution is -2.55. The number of esters is 1. The quantitative estimate of drug-likeness (QED) is 0.282. The fourth-order valence-corrected chi connectivity index (χ4v) is 4.89. The molecule has 1 saturated heterocycles. The maximum atomic E-state index is 15.2. The lowest BCUT2D eigenvalue weighted by atomic mass is 9.85. The van der Waals surface area contributed by atoms with Crippen molar-refractivity contribution in [1.82, 2.24) is 35.0 Å². The second kappa shape index (κ2) is 11.6. The van der Waals surface area contributed by atoms with Crippen molar-refractivity contribution in [3.8, 4) is 5.69 Å². The summed E-state index contributed by atoms with van der Waals surface area (Å²) in [6, 6.07) is 8.60. The van der Waals surface area contributed by atoms with Crippen LogP contribution < -0.4 is 4.90 Å². The fourth-order valence-electron chi connectivity index (χ4n) is 4.89. The number of aliphatic hydroxyl groups is 1. The Kier molecular flexibility index (Phi) is 7.96. The van der Waals surface area contributed by atoms with Crippen LogP contribution >= 0.6 is 0 Å². The first-order valence-corrected chi connectivity index (χ1v) is 13.3. The molecule has 0 unspecified atom stereocenters. The van der Waals surface area contributed by atoms with Gasteiger partial charge in [-0.25, -0.2) is 23.3 Å². The zero-order chi connectivity index (χ0) is 30.0. The third-order valence-electron chi connectivity index (χ3n) is 7.29. The lowest BCUT2D eigenvalue weighted by Gasteiger charge is -2.40. The van der Waals surface area contributed by atoms with E-state index in [2.05, 4.69) is 27.0 Å². The van der Waals surface area contributed by atoms with Crippen molar-refractivity contribution in [2.45, 2.75) is 32.4 Å². The Hall–Kier alpha value is -4.75. The first kappa shape index (κ1) is 28.8. The van der Waals surface area contributed by atoms with Crippen molar-refractivity contribution >= 4 is 24.0 Å². The first-order valence-electron chi connectivity index (χ1n) is 13.3. The Morgan fingerprint density at radius 3 is 2.52 bits per heavy atom. The molecular weight excluding hydrogens is 552 g/mol. The summed E-state index contributed by atoms with van der Waals surface area (Å²) in [7, 11) is 0. The molecule has 220 valence electrons. The minimum absolute atomic E-state index is 0.0803.